The molecule has 0 bridgehead atoms. The molecule has 0 aromatic carbocycles. The number of ether oxygens (including phenoxy) is 1. The van der Waals surface area contributed by atoms with Crippen LogP contribution in [0.15, 0.2) is 23.1 Å². The quantitative estimate of drug-likeness (QED) is 0.508. The van der Waals surface area contributed by atoms with Gasteiger partial charge in [0, 0.05) is 49.9 Å². The fourth-order valence-electron chi connectivity index (χ4n) is 5.47. The van der Waals surface area contributed by atoms with Crippen LogP contribution in [0.5, 0.6) is 0 Å². The van der Waals surface area contributed by atoms with Crippen molar-refractivity contribution in [2.24, 2.45) is 0 Å². The van der Waals surface area contributed by atoms with Crippen LogP contribution in [0.4, 0.5) is 5.95 Å². The van der Waals surface area contributed by atoms with Crippen LogP contribution in [0.3, 0.4) is 0 Å². The third kappa shape index (κ3) is 5.21. The Morgan fingerprint density at radius 1 is 1.20 bits per heavy atom. The molecule has 2 aromatic heterocycles. The van der Waals surface area contributed by atoms with Crippen LogP contribution >= 0.6 is 0 Å². The van der Waals surface area contributed by atoms with Crippen molar-refractivity contribution < 1.29 is 18.3 Å². The second-order valence-electron chi connectivity index (χ2n) is 10.1. The standard InChI is InChI=1S/C23H34N6O5S/c1-23(31)10-2-5-19(23)29-20(30)7-6-16-14-24-22(27-21(16)29)26-17-8-11-28(12-9-17)35(32,33)25-15-18-4-3-13-34-18/h6-7,14,17-19,25,31H,2-5,8-13,15H2,1H3,(H,24,26,27)/t18-,19+,23+/m1/s1. The number of pyridine rings is 1. The number of piperidine rings is 1. The number of hydrogen-bond donors (Lipinski definition) is 3. The Labute approximate surface area is 205 Å². The maximum Gasteiger partial charge on any atom is 0.279 e. The lowest BCUT2D eigenvalue weighted by atomic mass is 10.00. The van der Waals surface area contributed by atoms with Gasteiger partial charge < -0.3 is 15.2 Å². The Morgan fingerprint density at radius 2 is 2.00 bits per heavy atom. The molecule has 2 aromatic rings. The molecule has 3 aliphatic rings. The SMILES string of the molecule is C[C@]1(O)CCC[C@@H]1n1c(=O)ccc2cnc(NC3CCN(S(=O)(=O)NC[C@H]4CCCO4)CC3)nc21. The van der Waals surface area contributed by atoms with E-state index < -0.39 is 15.8 Å². The average molecular weight is 507 g/mol. The lowest BCUT2D eigenvalue weighted by molar-refractivity contribution is 0.0267. The molecule has 0 spiro atoms. The van der Waals surface area contributed by atoms with E-state index in [1.807, 2.05) is 0 Å². The average Bonchev–Trinajstić information content (AvgIpc) is 3.47. The molecule has 35 heavy (non-hydrogen) atoms. The molecule has 12 heteroatoms. The molecule has 3 atom stereocenters. The molecule has 3 fully saturated rings. The van der Waals surface area contributed by atoms with Crippen LogP contribution in [0.25, 0.3) is 11.0 Å². The van der Waals surface area contributed by atoms with Crippen LogP contribution in [-0.2, 0) is 14.9 Å². The molecule has 4 heterocycles. The smallest absolute Gasteiger partial charge is 0.279 e. The molecule has 1 aliphatic carbocycles. The molecule has 2 aliphatic heterocycles. The molecular weight excluding hydrogens is 472 g/mol. The number of anilines is 1. The van der Waals surface area contributed by atoms with Crippen molar-refractivity contribution in [1.29, 1.82) is 0 Å². The zero-order valence-electron chi connectivity index (χ0n) is 20.0. The molecule has 0 amide bonds. The third-order valence-electron chi connectivity index (χ3n) is 7.50. The Balaban J connectivity index is 1.26. The van der Waals surface area contributed by atoms with E-state index in [4.69, 9.17) is 4.74 Å². The Hall–Kier alpha value is -2.12. The minimum absolute atomic E-state index is 0.00976. The van der Waals surface area contributed by atoms with Crippen molar-refractivity contribution in [1.82, 2.24) is 23.6 Å². The van der Waals surface area contributed by atoms with Gasteiger partial charge in [0.2, 0.25) is 5.95 Å². The molecule has 1 saturated carbocycles. The first-order valence-electron chi connectivity index (χ1n) is 12.5. The normalized spacial score (nSPS) is 28.6. The first kappa shape index (κ1) is 24.6. The summed E-state index contributed by atoms with van der Waals surface area (Å²) in [6.45, 7) is 3.55. The first-order valence-corrected chi connectivity index (χ1v) is 13.9. The molecule has 2 saturated heterocycles. The van der Waals surface area contributed by atoms with E-state index in [1.54, 1.807) is 23.8 Å². The number of aromatic nitrogens is 3. The number of fused-ring (bicyclic) bond motifs is 1. The van der Waals surface area contributed by atoms with E-state index in [1.165, 1.54) is 10.4 Å². The summed E-state index contributed by atoms with van der Waals surface area (Å²) in [6, 6.07) is 2.87. The maximum absolute atomic E-state index is 12.8. The summed E-state index contributed by atoms with van der Waals surface area (Å²) in [5.41, 5.74) is -0.656. The van der Waals surface area contributed by atoms with E-state index in [2.05, 4.69) is 20.0 Å². The van der Waals surface area contributed by atoms with Gasteiger partial charge in [-0.15, -0.1) is 0 Å². The van der Waals surface area contributed by atoms with Gasteiger partial charge in [-0.2, -0.15) is 22.4 Å². The lowest BCUT2D eigenvalue weighted by Crippen LogP contribution is -2.48. The summed E-state index contributed by atoms with van der Waals surface area (Å²) in [5.74, 6) is 0.396. The highest BCUT2D eigenvalue weighted by molar-refractivity contribution is 7.87. The van der Waals surface area contributed by atoms with Crippen LogP contribution in [-0.4, -0.2) is 76.4 Å². The summed E-state index contributed by atoms with van der Waals surface area (Å²) in [6.07, 6.45) is 6.91. The minimum Gasteiger partial charge on any atom is -0.388 e. The fraction of sp³-hybridized carbons (Fsp3) is 0.696. The molecule has 5 rings (SSSR count). The second kappa shape index (κ2) is 9.74. The van der Waals surface area contributed by atoms with Crippen molar-refractivity contribution in [3.8, 4) is 0 Å². The molecule has 0 unspecified atom stereocenters. The summed E-state index contributed by atoms with van der Waals surface area (Å²) in [7, 11) is -3.54. The number of rotatable bonds is 7. The minimum atomic E-state index is -3.54. The molecule has 3 N–H and O–H groups in total. The fourth-order valence-corrected chi connectivity index (χ4v) is 6.74. The summed E-state index contributed by atoms with van der Waals surface area (Å²) >= 11 is 0. The predicted molar refractivity (Wildman–Crippen MR) is 131 cm³/mol. The zero-order valence-corrected chi connectivity index (χ0v) is 20.8. The second-order valence-corrected chi connectivity index (χ2v) is 11.8. The summed E-state index contributed by atoms with van der Waals surface area (Å²) < 4.78 is 36.6. The van der Waals surface area contributed by atoms with Gasteiger partial charge in [0.05, 0.1) is 17.7 Å². The van der Waals surface area contributed by atoms with Crippen molar-refractivity contribution in [3.63, 3.8) is 0 Å². The van der Waals surface area contributed by atoms with Crippen LogP contribution < -0.4 is 15.6 Å². The maximum atomic E-state index is 12.8. The lowest BCUT2D eigenvalue weighted by Gasteiger charge is -2.32. The highest BCUT2D eigenvalue weighted by Crippen LogP contribution is 2.39. The first-order chi connectivity index (χ1) is 16.7. The van der Waals surface area contributed by atoms with E-state index in [0.29, 0.717) is 63.5 Å². The number of hydrogen-bond acceptors (Lipinski definition) is 8. The number of aliphatic hydroxyl groups is 1. The van der Waals surface area contributed by atoms with Crippen LogP contribution in [0, 0.1) is 0 Å². The Morgan fingerprint density at radius 3 is 2.69 bits per heavy atom. The molecule has 0 radical (unpaired) electrons. The molecule has 192 valence electrons. The largest absolute Gasteiger partial charge is 0.388 e. The van der Waals surface area contributed by atoms with Gasteiger partial charge in [-0.1, -0.05) is 0 Å². The summed E-state index contributed by atoms with van der Waals surface area (Å²) in [5, 5.41) is 14.9. The number of nitrogens with zero attached hydrogens (tertiary/aromatic N) is 4. The van der Waals surface area contributed by atoms with Gasteiger partial charge in [-0.3, -0.25) is 9.36 Å². The Kier molecular flexibility index (Phi) is 6.83. The van der Waals surface area contributed by atoms with Gasteiger partial charge in [0.1, 0.15) is 5.65 Å². The van der Waals surface area contributed by atoms with E-state index in [9.17, 15) is 18.3 Å². The predicted octanol–water partition coefficient (Wildman–Crippen LogP) is 1.16. The highest BCUT2D eigenvalue weighted by atomic mass is 32.2. The van der Waals surface area contributed by atoms with Gasteiger partial charge in [-0.25, -0.2) is 4.98 Å². The molecule has 11 nitrogen and oxygen atoms in total. The van der Waals surface area contributed by atoms with Gasteiger partial charge >= 0.3 is 0 Å². The number of nitrogens with one attached hydrogen (secondary N) is 2. The van der Waals surface area contributed by atoms with Gasteiger partial charge in [0.15, 0.2) is 0 Å². The third-order valence-corrected chi connectivity index (χ3v) is 9.08. The van der Waals surface area contributed by atoms with Crippen LogP contribution in [0.2, 0.25) is 0 Å². The van der Waals surface area contributed by atoms with Crippen molar-refractivity contribution in [3.05, 3.63) is 28.7 Å². The van der Waals surface area contributed by atoms with E-state index >= 15 is 0 Å². The zero-order chi connectivity index (χ0) is 24.6. The topological polar surface area (TPSA) is 139 Å². The van der Waals surface area contributed by atoms with Crippen molar-refractivity contribution in [2.75, 3.05) is 31.6 Å². The highest BCUT2D eigenvalue weighted by Gasteiger charge is 2.39. The molecular formula is C23H34N6O5S. The van der Waals surface area contributed by atoms with Crippen molar-refractivity contribution in [2.45, 2.75) is 75.7 Å². The van der Waals surface area contributed by atoms with E-state index in [0.717, 1.165) is 24.6 Å². The Bertz CT molecular complexity index is 1220. The van der Waals surface area contributed by atoms with Gasteiger partial charge in [-0.05, 0) is 57.9 Å². The van der Waals surface area contributed by atoms with Crippen molar-refractivity contribution >= 4 is 27.2 Å². The van der Waals surface area contributed by atoms with Gasteiger partial charge in [0.25, 0.3) is 15.8 Å². The van der Waals surface area contributed by atoms with Crippen LogP contribution in [0.1, 0.15) is 57.9 Å². The summed E-state index contributed by atoms with van der Waals surface area (Å²) in [4.78, 5) is 21.8. The monoisotopic (exact) mass is 506 g/mol. The van der Waals surface area contributed by atoms with E-state index in [-0.39, 0.29) is 23.7 Å².